The molecule has 3 aliphatic heterocycles. The van der Waals surface area contributed by atoms with Crippen LogP contribution in [0.2, 0.25) is 0 Å². The quantitative estimate of drug-likeness (QED) is 0.784. The van der Waals surface area contributed by atoms with E-state index in [2.05, 4.69) is 22.0 Å². The number of hydrogen-bond donors (Lipinski definition) is 1. The highest BCUT2D eigenvalue weighted by Crippen LogP contribution is 2.30. The molecule has 3 saturated heterocycles. The number of piperazine rings is 3. The van der Waals surface area contributed by atoms with E-state index < -0.39 is 0 Å². The van der Waals surface area contributed by atoms with Gasteiger partial charge in [-0.1, -0.05) is 32.6 Å². The molecule has 4 rings (SSSR count). The van der Waals surface area contributed by atoms with Crippen LogP contribution < -0.4 is 5.32 Å². The highest BCUT2D eigenvalue weighted by atomic mass is 15.4. The second kappa shape index (κ2) is 6.55. The lowest BCUT2D eigenvalue weighted by molar-refractivity contribution is -0.0142. The third kappa shape index (κ3) is 3.14. The fourth-order valence-electron chi connectivity index (χ4n) is 4.52. The molecule has 0 radical (unpaired) electrons. The highest BCUT2D eigenvalue weighted by Gasteiger charge is 2.39. The Kier molecular flexibility index (Phi) is 4.78. The zero-order valence-corrected chi connectivity index (χ0v) is 12.6. The number of nitrogens with one attached hydrogen (secondary N) is 1. The molecular formula is C16H31N3. The molecule has 1 saturated carbocycles. The lowest BCUT2D eigenvalue weighted by atomic mass is 9.84. The van der Waals surface area contributed by atoms with Gasteiger partial charge in [-0.15, -0.1) is 0 Å². The predicted octanol–water partition coefficient (Wildman–Crippen LogP) is 1.93. The zero-order chi connectivity index (χ0) is 13.1. The maximum atomic E-state index is 3.87. The molecule has 0 aromatic rings. The molecule has 4 fully saturated rings. The zero-order valence-electron chi connectivity index (χ0n) is 12.6. The third-order valence-corrected chi connectivity index (χ3v) is 5.58. The standard InChI is InChI=1S/C16H31N3/c1-2-17-16(14-7-5-3-4-6-8-14)15-13-18-9-11-19(15)12-10-18/h14-17H,2-13H2,1H3. The Morgan fingerprint density at radius 1 is 1.00 bits per heavy atom. The number of hydrogen-bond acceptors (Lipinski definition) is 3. The molecule has 2 unspecified atom stereocenters. The molecule has 0 aromatic carbocycles. The summed E-state index contributed by atoms with van der Waals surface area (Å²) >= 11 is 0. The smallest absolute Gasteiger partial charge is 0.0380 e. The predicted molar refractivity (Wildman–Crippen MR) is 80.5 cm³/mol. The summed E-state index contributed by atoms with van der Waals surface area (Å²) in [5.74, 6) is 0.924. The monoisotopic (exact) mass is 265 g/mol. The van der Waals surface area contributed by atoms with Crippen molar-refractivity contribution in [2.75, 3.05) is 39.3 Å². The van der Waals surface area contributed by atoms with Crippen LogP contribution in [0.3, 0.4) is 0 Å². The Bertz CT molecular complexity index is 265. The average Bonchev–Trinajstić information content (AvgIpc) is 2.75. The second-order valence-corrected chi connectivity index (χ2v) is 6.74. The number of likely N-dealkylation sites (N-methyl/N-ethyl adjacent to an activating group) is 1. The van der Waals surface area contributed by atoms with Crippen LogP contribution in [-0.2, 0) is 0 Å². The van der Waals surface area contributed by atoms with Gasteiger partial charge in [0.25, 0.3) is 0 Å². The van der Waals surface area contributed by atoms with Gasteiger partial charge in [-0.2, -0.15) is 0 Å². The van der Waals surface area contributed by atoms with E-state index in [1.165, 1.54) is 71.2 Å². The molecular weight excluding hydrogens is 234 g/mol. The minimum absolute atomic E-state index is 0.742. The number of rotatable bonds is 4. The average molecular weight is 265 g/mol. The summed E-state index contributed by atoms with van der Waals surface area (Å²) < 4.78 is 0. The van der Waals surface area contributed by atoms with E-state index in [4.69, 9.17) is 0 Å². The molecule has 3 heteroatoms. The van der Waals surface area contributed by atoms with Crippen molar-refractivity contribution in [2.45, 2.75) is 57.5 Å². The Hall–Kier alpha value is -0.120. The van der Waals surface area contributed by atoms with E-state index in [9.17, 15) is 0 Å². The van der Waals surface area contributed by atoms with Crippen molar-refractivity contribution >= 4 is 0 Å². The Labute approximate surface area is 118 Å². The summed E-state index contributed by atoms with van der Waals surface area (Å²) in [5.41, 5.74) is 0. The van der Waals surface area contributed by atoms with Gasteiger partial charge in [-0.3, -0.25) is 9.80 Å². The summed E-state index contributed by atoms with van der Waals surface area (Å²) in [4.78, 5) is 5.46. The molecule has 2 bridgehead atoms. The van der Waals surface area contributed by atoms with E-state index >= 15 is 0 Å². The summed E-state index contributed by atoms with van der Waals surface area (Å²) in [6, 6.07) is 1.52. The fourth-order valence-corrected chi connectivity index (χ4v) is 4.52. The number of fused-ring (bicyclic) bond motifs is 3. The van der Waals surface area contributed by atoms with Crippen LogP contribution in [0.15, 0.2) is 0 Å². The summed E-state index contributed by atoms with van der Waals surface area (Å²) in [5, 5.41) is 3.87. The van der Waals surface area contributed by atoms with Crippen LogP contribution in [0.1, 0.15) is 45.4 Å². The normalized spacial score (nSPS) is 38.1. The van der Waals surface area contributed by atoms with Crippen LogP contribution in [-0.4, -0.2) is 61.2 Å². The van der Waals surface area contributed by atoms with Crippen molar-refractivity contribution in [3.63, 3.8) is 0 Å². The van der Waals surface area contributed by atoms with Crippen molar-refractivity contribution in [2.24, 2.45) is 5.92 Å². The van der Waals surface area contributed by atoms with Gasteiger partial charge in [0.05, 0.1) is 0 Å². The van der Waals surface area contributed by atoms with Crippen LogP contribution in [0, 0.1) is 5.92 Å². The van der Waals surface area contributed by atoms with E-state index in [0.717, 1.165) is 24.5 Å². The molecule has 19 heavy (non-hydrogen) atoms. The minimum Gasteiger partial charge on any atom is -0.312 e. The molecule has 110 valence electrons. The largest absolute Gasteiger partial charge is 0.312 e. The molecule has 0 spiro atoms. The fraction of sp³-hybridized carbons (Fsp3) is 1.00. The Morgan fingerprint density at radius 2 is 1.68 bits per heavy atom. The highest BCUT2D eigenvalue weighted by molar-refractivity contribution is 4.97. The first-order chi connectivity index (χ1) is 9.38. The number of nitrogens with zero attached hydrogens (tertiary/aromatic N) is 2. The van der Waals surface area contributed by atoms with Crippen molar-refractivity contribution in [3.05, 3.63) is 0 Å². The molecule has 0 amide bonds. The van der Waals surface area contributed by atoms with Gasteiger partial charge in [0.2, 0.25) is 0 Å². The van der Waals surface area contributed by atoms with Gasteiger partial charge >= 0.3 is 0 Å². The maximum Gasteiger partial charge on any atom is 0.0380 e. The first-order valence-corrected chi connectivity index (χ1v) is 8.58. The SMILES string of the molecule is CCNC(C1CCCCCC1)C1CN2CCN1CC2. The van der Waals surface area contributed by atoms with Gasteiger partial charge in [-0.25, -0.2) is 0 Å². The molecule has 4 aliphatic rings. The molecule has 3 nitrogen and oxygen atoms in total. The van der Waals surface area contributed by atoms with Crippen LogP contribution in [0.4, 0.5) is 0 Å². The topological polar surface area (TPSA) is 18.5 Å². The molecule has 2 atom stereocenters. The first-order valence-electron chi connectivity index (χ1n) is 8.58. The summed E-state index contributed by atoms with van der Waals surface area (Å²) in [7, 11) is 0. The third-order valence-electron chi connectivity index (χ3n) is 5.58. The first kappa shape index (κ1) is 13.8. The van der Waals surface area contributed by atoms with Gasteiger partial charge in [0.15, 0.2) is 0 Å². The maximum absolute atomic E-state index is 3.87. The molecule has 1 aliphatic carbocycles. The minimum atomic E-state index is 0.742. The Balaban J connectivity index is 1.68. The second-order valence-electron chi connectivity index (χ2n) is 6.74. The van der Waals surface area contributed by atoms with Crippen molar-refractivity contribution in [1.29, 1.82) is 0 Å². The summed E-state index contributed by atoms with van der Waals surface area (Å²) in [6.07, 6.45) is 8.78. The van der Waals surface area contributed by atoms with Gasteiger partial charge in [0, 0.05) is 44.8 Å². The van der Waals surface area contributed by atoms with E-state index in [0.29, 0.717) is 0 Å². The van der Waals surface area contributed by atoms with E-state index in [1.54, 1.807) is 0 Å². The van der Waals surface area contributed by atoms with Crippen molar-refractivity contribution in [1.82, 2.24) is 15.1 Å². The van der Waals surface area contributed by atoms with Gasteiger partial charge in [-0.05, 0) is 25.3 Å². The summed E-state index contributed by atoms with van der Waals surface area (Å²) in [6.45, 7) is 9.94. The lowest BCUT2D eigenvalue weighted by Crippen LogP contribution is -2.67. The Morgan fingerprint density at radius 3 is 2.21 bits per heavy atom. The molecule has 0 aromatic heterocycles. The van der Waals surface area contributed by atoms with Crippen LogP contribution in [0.25, 0.3) is 0 Å². The lowest BCUT2D eigenvalue weighted by Gasteiger charge is -2.51. The van der Waals surface area contributed by atoms with Crippen LogP contribution in [0.5, 0.6) is 0 Å². The van der Waals surface area contributed by atoms with Crippen molar-refractivity contribution in [3.8, 4) is 0 Å². The van der Waals surface area contributed by atoms with Crippen LogP contribution >= 0.6 is 0 Å². The van der Waals surface area contributed by atoms with Crippen molar-refractivity contribution < 1.29 is 0 Å². The van der Waals surface area contributed by atoms with E-state index in [1.807, 2.05) is 0 Å². The van der Waals surface area contributed by atoms with Gasteiger partial charge in [0.1, 0.15) is 0 Å². The van der Waals surface area contributed by atoms with Gasteiger partial charge < -0.3 is 5.32 Å². The molecule has 1 N–H and O–H groups in total. The van der Waals surface area contributed by atoms with E-state index in [-0.39, 0.29) is 0 Å². The molecule has 3 heterocycles.